The molecule has 2 saturated carbocycles. The summed E-state index contributed by atoms with van der Waals surface area (Å²) in [7, 11) is 0. The van der Waals surface area contributed by atoms with E-state index in [1.807, 2.05) is 19.1 Å². The lowest BCUT2D eigenvalue weighted by atomic mass is 9.63. The molecule has 5 aliphatic rings. The van der Waals surface area contributed by atoms with Crippen LogP contribution in [0.15, 0.2) is 28.8 Å². The van der Waals surface area contributed by atoms with E-state index in [0.29, 0.717) is 11.8 Å². The number of amides is 2. The third-order valence-electron chi connectivity index (χ3n) is 6.90. The predicted octanol–water partition coefficient (Wildman–Crippen LogP) is 3.49. The van der Waals surface area contributed by atoms with Gasteiger partial charge in [-0.15, -0.1) is 0 Å². The van der Waals surface area contributed by atoms with E-state index in [0.717, 1.165) is 15.7 Å². The number of allylic oxidation sites excluding steroid dienone is 2. The van der Waals surface area contributed by atoms with Gasteiger partial charge in [0.05, 0.1) is 18.5 Å². The number of imide groups is 1. The molecule has 4 aliphatic carbocycles. The van der Waals surface area contributed by atoms with E-state index in [9.17, 15) is 9.59 Å². The summed E-state index contributed by atoms with van der Waals surface area (Å²) < 4.78 is 1.07. The van der Waals surface area contributed by atoms with E-state index < -0.39 is 0 Å². The average Bonchev–Trinajstić information content (AvgIpc) is 3.39. The smallest absolute Gasteiger partial charge is 0.235 e. The van der Waals surface area contributed by atoms with Gasteiger partial charge in [0.2, 0.25) is 11.8 Å². The number of nitrogens with one attached hydrogen (secondary N) is 1. The lowest BCUT2D eigenvalue weighted by Crippen LogP contribution is -2.40. The highest BCUT2D eigenvalue weighted by atomic mass is 79.9. The summed E-state index contributed by atoms with van der Waals surface area (Å²) >= 11 is 3.53. The van der Waals surface area contributed by atoms with Gasteiger partial charge in [0.25, 0.3) is 0 Å². The van der Waals surface area contributed by atoms with Crippen molar-refractivity contribution in [2.75, 3.05) is 12.0 Å². The second kappa shape index (κ2) is 5.19. The lowest BCUT2D eigenvalue weighted by Gasteiger charge is -2.37. The third-order valence-corrected chi connectivity index (χ3v) is 7.76. The highest BCUT2D eigenvalue weighted by molar-refractivity contribution is 9.10. The molecule has 1 aromatic carbocycles. The van der Waals surface area contributed by atoms with Crippen molar-refractivity contribution in [3.8, 4) is 0 Å². The molecule has 1 N–H and O–H groups in total. The normalized spacial score (nSPS) is 37.3. The summed E-state index contributed by atoms with van der Waals surface area (Å²) in [5.41, 5.74) is 3.27. The van der Waals surface area contributed by atoms with E-state index in [4.69, 9.17) is 0 Å². The highest BCUT2D eigenvalue weighted by Crippen LogP contribution is 2.65. The second-order valence-corrected chi connectivity index (χ2v) is 8.79. The van der Waals surface area contributed by atoms with Crippen molar-refractivity contribution in [3.63, 3.8) is 0 Å². The molecule has 2 bridgehead atoms. The second-order valence-electron chi connectivity index (χ2n) is 7.94. The molecule has 130 valence electrons. The summed E-state index contributed by atoms with van der Waals surface area (Å²) in [4.78, 5) is 27.4. The fourth-order valence-electron chi connectivity index (χ4n) is 5.32. The number of hydrogen-bond acceptors (Lipinski definition) is 3. The van der Waals surface area contributed by atoms with Gasteiger partial charge in [-0.05, 0) is 67.2 Å². The third kappa shape index (κ3) is 2.05. The fraction of sp³-hybridized carbons (Fsp3) is 0.500. The molecule has 0 spiro atoms. The van der Waals surface area contributed by atoms with Crippen LogP contribution in [0.1, 0.15) is 17.5 Å². The number of rotatable bonds is 3. The molecule has 25 heavy (non-hydrogen) atoms. The van der Waals surface area contributed by atoms with Crippen LogP contribution in [-0.4, -0.2) is 23.4 Å². The van der Waals surface area contributed by atoms with Crippen molar-refractivity contribution >= 4 is 33.4 Å². The first-order chi connectivity index (χ1) is 12.0. The number of benzene rings is 1. The minimum Gasteiger partial charge on any atom is -0.367 e. The van der Waals surface area contributed by atoms with Crippen LogP contribution in [0.3, 0.4) is 0 Å². The van der Waals surface area contributed by atoms with Crippen molar-refractivity contribution in [2.45, 2.75) is 20.3 Å². The van der Waals surface area contributed by atoms with E-state index >= 15 is 0 Å². The van der Waals surface area contributed by atoms with Crippen LogP contribution < -0.4 is 5.32 Å². The Hall–Kier alpha value is -1.62. The van der Waals surface area contributed by atoms with E-state index in [2.05, 4.69) is 40.3 Å². The zero-order chi connectivity index (χ0) is 17.5. The number of nitrogens with zero attached hydrogens (tertiary/aromatic N) is 1. The molecule has 1 aliphatic heterocycles. The molecule has 6 atom stereocenters. The first-order valence-corrected chi connectivity index (χ1v) is 9.81. The zero-order valence-electron chi connectivity index (χ0n) is 14.3. The molecule has 3 fully saturated rings. The van der Waals surface area contributed by atoms with Crippen LogP contribution in [0, 0.1) is 49.4 Å². The number of carbonyl (C=O) groups excluding carboxylic acids is 2. The summed E-state index contributed by atoms with van der Waals surface area (Å²) in [5, 5.41) is 3.31. The standard InChI is InChI=1S/C20H21BrN2O2/c1-9-10(2)16(6-5-15(9)21)22-8-23-19(24)17-11-3-4-12(14-7-13(11)14)18(17)20(23)25/h3-6,11-14,17-18,22H,7-8H2,1-2H3. The number of carbonyl (C=O) groups is 2. The molecule has 6 unspecified atom stereocenters. The average molecular weight is 401 g/mol. The van der Waals surface area contributed by atoms with Gasteiger partial charge in [0, 0.05) is 10.2 Å². The Bertz CT molecular complexity index is 797. The van der Waals surface area contributed by atoms with Gasteiger partial charge in [0.1, 0.15) is 0 Å². The molecule has 6 rings (SSSR count). The molecule has 2 amide bonds. The zero-order valence-corrected chi connectivity index (χ0v) is 15.9. The number of hydrogen-bond donors (Lipinski definition) is 1. The van der Waals surface area contributed by atoms with Gasteiger partial charge in [-0.2, -0.15) is 0 Å². The monoisotopic (exact) mass is 400 g/mol. The minimum atomic E-state index is -0.110. The first-order valence-electron chi connectivity index (χ1n) is 9.02. The van der Waals surface area contributed by atoms with Gasteiger partial charge in [-0.3, -0.25) is 14.5 Å². The maximum Gasteiger partial charge on any atom is 0.235 e. The van der Waals surface area contributed by atoms with Gasteiger partial charge in [0.15, 0.2) is 0 Å². The van der Waals surface area contributed by atoms with Crippen LogP contribution in [0.5, 0.6) is 0 Å². The Kier molecular flexibility index (Phi) is 3.25. The molecule has 1 saturated heterocycles. The molecular weight excluding hydrogens is 380 g/mol. The Balaban J connectivity index is 1.37. The Morgan fingerprint density at radius 2 is 1.64 bits per heavy atom. The molecule has 1 heterocycles. The fourth-order valence-corrected chi connectivity index (χ4v) is 5.75. The minimum absolute atomic E-state index is 0.0266. The Morgan fingerprint density at radius 3 is 2.24 bits per heavy atom. The molecule has 1 aromatic rings. The summed E-state index contributed by atoms with van der Waals surface area (Å²) in [6, 6.07) is 3.99. The van der Waals surface area contributed by atoms with E-state index in [-0.39, 0.29) is 42.2 Å². The Labute approximate surface area is 155 Å². The number of halogens is 1. The molecule has 4 nitrogen and oxygen atoms in total. The van der Waals surface area contributed by atoms with Crippen molar-refractivity contribution in [1.29, 1.82) is 0 Å². The van der Waals surface area contributed by atoms with Crippen LogP contribution in [-0.2, 0) is 9.59 Å². The quantitative estimate of drug-likeness (QED) is 0.623. The lowest BCUT2D eigenvalue weighted by molar-refractivity contribution is -0.139. The van der Waals surface area contributed by atoms with Crippen LogP contribution >= 0.6 is 15.9 Å². The highest BCUT2D eigenvalue weighted by Gasteiger charge is 2.66. The van der Waals surface area contributed by atoms with Gasteiger partial charge < -0.3 is 5.32 Å². The molecule has 0 aromatic heterocycles. The molecular formula is C20H21BrN2O2. The maximum absolute atomic E-state index is 13.0. The van der Waals surface area contributed by atoms with Gasteiger partial charge in [-0.1, -0.05) is 28.1 Å². The maximum atomic E-state index is 13.0. The van der Waals surface area contributed by atoms with Crippen LogP contribution in [0.2, 0.25) is 0 Å². The molecule has 5 heteroatoms. The SMILES string of the molecule is Cc1c(Br)ccc(NCN2C(=O)C3C4C=CC(C5CC45)C3C2=O)c1C. The van der Waals surface area contributed by atoms with E-state index in [1.165, 1.54) is 16.9 Å². The number of anilines is 1. The van der Waals surface area contributed by atoms with Gasteiger partial charge >= 0.3 is 0 Å². The van der Waals surface area contributed by atoms with Crippen LogP contribution in [0.25, 0.3) is 0 Å². The summed E-state index contributed by atoms with van der Waals surface area (Å²) in [6.07, 6.45) is 5.63. The van der Waals surface area contributed by atoms with E-state index in [1.54, 1.807) is 0 Å². The largest absolute Gasteiger partial charge is 0.367 e. The van der Waals surface area contributed by atoms with Crippen LogP contribution in [0.4, 0.5) is 5.69 Å². The molecule has 0 radical (unpaired) electrons. The van der Waals surface area contributed by atoms with Crippen molar-refractivity contribution in [3.05, 3.63) is 39.9 Å². The van der Waals surface area contributed by atoms with Crippen molar-refractivity contribution in [2.24, 2.45) is 35.5 Å². The van der Waals surface area contributed by atoms with Gasteiger partial charge in [-0.25, -0.2) is 0 Å². The number of likely N-dealkylation sites (tertiary alicyclic amines) is 1. The summed E-state index contributed by atoms with van der Waals surface area (Å²) in [6.45, 7) is 4.37. The summed E-state index contributed by atoms with van der Waals surface area (Å²) in [5.74, 6) is 1.71. The topological polar surface area (TPSA) is 49.4 Å². The first kappa shape index (κ1) is 15.6. The predicted molar refractivity (Wildman–Crippen MR) is 98.7 cm³/mol. The van der Waals surface area contributed by atoms with Crippen molar-refractivity contribution < 1.29 is 9.59 Å². The Morgan fingerprint density at radius 1 is 1.04 bits per heavy atom. The van der Waals surface area contributed by atoms with Crippen molar-refractivity contribution in [1.82, 2.24) is 4.90 Å².